The fourth-order valence-corrected chi connectivity index (χ4v) is 4.14. The maximum absolute atomic E-state index is 12.1. The number of esters is 1. The molecule has 0 saturated heterocycles. The Morgan fingerprint density at radius 1 is 1.12 bits per heavy atom. The minimum atomic E-state index is -3.72. The van der Waals surface area contributed by atoms with Crippen molar-refractivity contribution in [2.75, 3.05) is 13.2 Å². The van der Waals surface area contributed by atoms with Gasteiger partial charge < -0.3 is 9.47 Å². The van der Waals surface area contributed by atoms with Crippen molar-refractivity contribution in [2.45, 2.75) is 21.5 Å². The van der Waals surface area contributed by atoms with Gasteiger partial charge in [0.15, 0.2) is 0 Å². The molecule has 25 heavy (non-hydrogen) atoms. The van der Waals surface area contributed by atoms with Gasteiger partial charge in [-0.05, 0) is 42.3 Å². The molecule has 0 aliphatic carbocycles. The Balaban J connectivity index is 1.42. The van der Waals surface area contributed by atoms with Crippen LogP contribution < -0.4 is 9.88 Å². The van der Waals surface area contributed by atoms with E-state index >= 15 is 0 Å². The number of hydrogen-bond acceptors (Lipinski definition) is 6. The molecule has 0 saturated carbocycles. The van der Waals surface area contributed by atoms with Gasteiger partial charge in [0.05, 0.1) is 4.90 Å². The lowest BCUT2D eigenvalue weighted by molar-refractivity contribution is -0.143. The molecule has 1 aliphatic heterocycles. The highest BCUT2D eigenvalue weighted by molar-refractivity contribution is 8.01. The van der Waals surface area contributed by atoms with E-state index in [1.807, 2.05) is 24.3 Å². The summed E-state index contributed by atoms with van der Waals surface area (Å²) in [6.45, 7) is 0.313. The number of carbonyl (C=O) groups excluding carboxylic acids is 1. The summed E-state index contributed by atoms with van der Waals surface area (Å²) in [5, 5.41) is 4.81. The maximum Gasteiger partial charge on any atom is 0.319 e. The standard InChI is InChI=1S/C17H17NO5S2/c18-25(20,21)14-7-5-13(6-8-14)22-9-10-23-17(19)16-11-12-3-1-2-4-15(12)24-16/h1-8,16H,9-11H2,(H2,18,20,21)/t16-/m1/s1. The molecule has 2 N–H and O–H groups in total. The summed E-state index contributed by atoms with van der Waals surface area (Å²) < 4.78 is 33.0. The average Bonchev–Trinajstić information content (AvgIpc) is 3.02. The quantitative estimate of drug-likeness (QED) is 0.609. The molecular weight excluding hydrogens is 362 g/mol. The summed E-state index contributed by atoms with van der Waals surface area (Å²) >= 11 is 1.52. The number of ether oxygens (including phenoxy) is 2. The van der Waals surface area contributed by atoms with Crippen molar-refractivity contribution >= 4 is 27.8 Å². The summed E-state index contributed by atoms with van der Waals surface area (Å²) in [5.74, 6) is 0.223. The molecule has 0 bridgehead atoms. The van der Waals surface area contributed by atoms with E-state index in [9.17, 15) is 13.2 Å². The van der Waals surface area contributed by atoms with Crippen molar-refractivity contribution < 1.29 is 22.7 Å². The second kappa shape index (κ2) is 7.47. The zero-order valence-electron chi connectivity index (χ0n) is 13.3. The number of rotatable bonds is 6. The molecule has 3 rings (SSSR count). The monoisotopic (exact) mass is 379 g/mol. The molecule has 0 unspecified atom stereocenters. The van der Waals surface area contributed by atoms with E-state index in [4.69, 9.17) is 14.6 Å². The topological polar surface area (TPSA) is 95.7 Å². The van der Waals surface area contributed by atoms with Crippen molar-refractivity contribution in [3.05, 3.63) is 54.1 Å². The first-order valence-corrected chi connectivity index (χ1v) is 10.0. The Morgan fingerprint density at radius 2 is 1.84 bits per heavy atom. The molecule has 0 amide bonds. The summed E-state index contributed by atoms with van der Waals surface area (Å²) in [6, 6.07) is 13.7. The molecule has 6 nitrogen and oxygen atoms in total. The smallest absolute Gasteiger partial charge is 0.319 e. The second-order valence-electron chi connectivity index (χ2n) is 5.45. The van der Waals surface area contributed by atoms with Gasteiger partial charge in [-0.1, -0.05) is 18.2 Å². The van der Waals surface area contributed by atoms with Crippen LogP contribution in [0.3, 0.4) is 0 Å². The predicted molar refractivity (Wildman–Crippen MR) is 94.1 cm³/mol. The Morgan fingerprint density at radius 3 is 2.52 bits per heavy atom. The summed E-state index contributed by atoms with van der Waals surface area (Å²) in [7, 11) is -3.72. The lowest BCUT2D eigenvalue weighted by atomic mass is 10.1. The first-order valence-electron chi connectivity index (χ1n) is 7.60. The summed E-state index contributed by atoms with van der Waals surface area (Å²) in [4.78, 5) is 13.2. The number of fused-ring (bicyclic) bond motifs is 1. The third-order valence-electron chi connectivity index (χ3n) is 3.66. The van der Waals surface area contributed by atoms with Gasteiger partial charge in [-0.15, -0.1) is 11.8 Å². The molecule has 1 heterocycles. The third-order valence-corrected chi connectivity index (χ3v) is 5.88. The molecule has 1 atom stereocenters. The summed E-state index contributed by atoms with van der Waals surface area (Å²) in [6.07, 6.45) is 0.676. The van der Waals surface area contributed by atoms with Gasteiger partial charge in [0, 0.05) is 4.90 Å². The Hall–Kier alpha value is -2.03. The van der Waals surface area contributed by atoms with Gasteiger partial charge in [0.2, 0.25) is 10.0 Å². The zero-order chi connectivity index (χ0) is 17.9. The second-order valence-corrected chi connectivity index (χ2v) is 8.26. The first kappa shape index (κ1) is 17.8. The molecule has 0 radical (unpaired) electrons. The SMILES string of the molecule is NS(=O)(=O)c1ccc(OCCOC(=O)[C@H]2Cc3ccccc3S2)cc1. The van der Waals surface area contributed by atoms with Gasteiger partial charge in [0.1, 0.15) is 24.2 Å². The minimum absolute atomic E-state index is 0.0177. The highest BCUT2D eigenvalue weighted by Crippen LogP contribution is 2.37. The normalized spacial score (nSPS) is 16.3. The van der Waals surface area contributed by atoms with Crippen LogP contribution in [-0.2, 0) is 26.0 Å². The first-order chi connectivity index (χ1) is 11.9. The largest absolute Gasteiger partial charge is 0.490 e. The number of thioether (sulfide) groups is 1. The van der Waals surface area contributed by atoms with E-state index < -0.39 is 10.0 Å². The van der Waals surface area contributed by atoms with Crippen molar-refractivity contribution in [1.82, 2.24) is 0 Å². The van der Waals surface area contributed by atoms with E-state index in [-0.39, 0.29) is 29.3 Å². The number of benzene rings is 2. The Labute approximate surface area is 150 Å². The Kier molecular flexibility index (Phi) is 5.31. The van der Waals surface area contributed by atoms with Crippen LogP contribution >= 0.6 is 11.8 Å². The van der Waals surface area contributed by atoms with Crippen LogP contribution in [0, 0.1) is 0 Å². The number of sulfonamides is 1. The predicted octanol–water partition coefficient (Wildman–Crippen LogP) is 1.97. The molecule has 1 aliphatic rings. The third kappa shape index (κ3) is 4.53. The van der Waals surface area contributed by atoms with E-state index in [1.54, 1.807) is 0 Å². The molecule has 0 spiro atoms. The van der Waals surface area contributed by atoms with Crippen LogP contribution in [0.25, 0.3) is 0 Å². The minimum Gasteiger partial charge on any atom is -0.490 e. The van der Waals surface area contributed by atoms with Gasteiger partial charge in [0.25, 0.3) is 0 Å². The van der Waals surface area contributed by atoms with Gasteiger partial charge in [-0.2, -0.15) is 0 Å². The van der Waals surface area contributed by atoms with Gasteiger partial charge in [-0.25, -0.2) is 13.6 Å². The van der Waals surface area contributed by atoms with E-state index in [0.29, 0.717) is 12.2 Å². The molecule has 0 fully saturated rings. The number of carbonyl (C=O) groups is 1. The average molecular weight is 379 g/mol. The van der Waals surface area contributed by atoms with Crippen LogP contribution in [0.5, 0.6) is 5.75 Å². The van der Waals surface area contributed by atoms with Crippen molar-refractivity contribution in [3.8, 4) is 5.75 Å². The van der Waals surface area contributed by atoms with E-state index in [1.165, 1.54) is 41.6 Å². The fourth-order valence-electron chi connectivity index (χ4n) is 2.43. The lowest BCUT2D eigenvalue weighted by Gasteiger charge is -2.10. The van der Waals surface area contributed by atoms with Gasteiger partial charge >= 0.3 is 5.97 Å². The van der Waals surface area contributed by atoms with Crippen LogP contribution in [0.2, 0.25) is 0 Å². The maximum atomic E-state index is 12.1. The Bertz CT molecular complexity index is 840. The number of nitrogens with two attached hydrogens (primary N) is 1. The highest BCUT2D eigenvalue weighted by Gasteiger charge is 2.29. The van der Waals surface area contributed by atoms with Gasteiger partial charge in [-0.3, -0.25) is 4.79 Å². The van der Waals surface area contributed by atoms with Crippen molar-refractivity contribution in [2.24, 2.45) is 5.14 Å². The highest BCUT2D eigenvalue weighted by atomic mass is 32.2. The molecule has 2 aromatic rings. The fraction of sp³-hybridized carbons (Fsp3) is 0.235. The molecule has 132 valence electrons. The van der Waals surface area contributed by atoms with E-state index in [0.717, 1.165) is 4.90 Å². The summed E-state index contributed by atoms with van der Waals surface area (Å²) in [5.41, 5.74) is 1.17. The number of hydrogen-bond donors (Lipinski definition) is 1. The molecular formula is C17H17NO5S2. The van der Waals surface area contributed by atoms with Crippen molar-refractivity contribution in [1.29, 1.82) is 0 Å². The van der Waals surface area contributed by atoms with Crippen LogP contribution in [-0.4, -0.2) is 32.9 Å². The molecule has 2 aromatic carbocycles. The number of primary sulfonamides is 1. The van der Waals surface area contributed by atoms with Crippen molar-refractivity contribution in [3.63, 3.8) is 0 Å². The van der Waals surface area contributed by atoms with Crippen LogP contribution in [0.4, 0.5) is 0 Å². The zero-order valence-corrected chi connectivity index (χ0v) is 14.9. The molecule has 8 heteroatoms. The van der Waals surface area contributed by atoms with E-state index in [2.05, 4.69) is 0 Å². The lowest BCUT2D eigenvalue weighted by Crippen LogP contribution is -2.22. The van der Waals surface area contributed by atoms with Crippen LogP contribution in [0.15, 0.2) is 58.3 Å². The van der Waals surface area contributed by atoms with Crippen LogP contribution in [0.1, 0.15) is 5.56 Å². The molecule has 0 aromatic heterocycles.